The summed E-state index contributed by atoms with van der Waals surface area (Å²) in [5.74, 6) is 0.505. The van der Waals surface area contributed by atoms with Crippen molar-refractivity contribution in [1.29, 1.82) is 0 Å². The second-order valence-corrected chi connectivity index (χ2v) is 12.6. The summed E-state index contributed by atoms with van der Waals surface area (Å²) in [6.07, 6.45) is 5.36. The molecule has 10 heteroatoms. The Hall–Kier alpha value is -2.92. The molecule has 0 spiro atoms. The molecule has 2 aliphatic rings. The number of likely N-dealkylation sites (N-methyl/N-ethyl adjacent to an activating group) is 1. The van der Waals surface area contributed by atoms with Crippen molar-refractivity contribution in [1.82, 2.24) is 20.1 Å². The van der Waals surface area contributed by atoms with Crippen LogP contribution in [0.3, 0.4) is 0 Å². The molecule has 2 aromatic rings. The lowest BCUT2D eigenvalue weighted by Crippen LogP contribution is -2.44. The molecule has 1 saturated heterocycles. The molecule has 2 N–H and O–H groups in total. The Bertz CT molecular complexity index is 1300. The number of anilines is 1. The molecule has 1 aromatic heterocycles. The lowest BCUT2D eigenvalue weighted by atomic mass is 9.88. The number of hydrogen-bond donors (Lipinski definition) is 2. The summed E-state index contributed by atoms with van der Waals surface area (Å²) in [6, 6.07) is 6.87. The van der Waals surface area contributed by atoms with Crippen LogP contribution in [0.2, 0.25) is 0 Å². The zero-order chi connectivity index (χ0) is 32.3. The first-order valence-corrected chi connectivity index (χ1v) is 16.7. The number of aryl methyl sites for hydroxylation is 2. The molecule has 0 unspecified atom stereocenters. The Balaban J connectivity index is 1.52. The van der Waals surface area contributed by atoms with Crippen LogP contribution in [0, 0.1) is 20.8 Å². The number of amides is 1. The summed E-state index contributed by atoms with van der Waals surface area (Å²) >= 11 is 0. The molecule has 2 heterocycles. The Kier molecular flexibility index (Phi) is 13.3. The SMILES string of the molecule is CCN(c1cc(OCCCN2CCOCC2)cc(C(=O)NCc2c(C)cc(C)[nH]c2=O)c1C)[C@H]1CC[C@H](N(C)CCOC)CC1. The fraction of sp³-hybridized carbons (Fsp3) is 0.657. The van der Waals surface area contributed by atoms with Gasteiger partial charge in [-0.2, -0.15) is 0 Å². The molecule has 0 radical (unpaired) electrons. The van der Waals surface area contributed by atoms with E-state index in [9.17, 15) is 9.59 Å². The number of aromatic amines is 1. The maximum atomic E-state index is 13.7. The van der Waals surface area contributed by atoms with Gasteiger partial charge in [-0.1, -0.05) is 0 Å². The Morgan fingerprint density at radius 1 is 1.07 bits per heavy atom. The van der Waals surface area contributed by atoms with Crippen LogP contribution in [0.25, 0.3) is 0 Å². The smallest absolute Gasteiger partial charge is 0.253 e. The molecule has 1 saturated carbocycles. The summed E-state index contributed by atoms with van der Waals surface area (Å²) < 4.78 is 17.1. The first kappa shape index (κ1) is 34.9. The average molecular weight is 626 g/mol. The minimum absolute atomic E-state index is 0.164. The zero-order valence-corrected chi connectivity index (χ0v) is 28.4. The molecule has 1 aromatic carbocycles. The Labute approximate surface area is 269 Å². The summed E-state index contributed by atoms with van der Waals surface area (Å²) in [5.41, 5.74) is 4.66. The van der Waals surface area contributed by atoms with Gasteiger partial charge >= 0.3 is 0 Å². The summed E-state index contributed by atoms with van der Waals surface area (Å²) in [6.45, 7) is 15.7. The first-order valence-electron chi connectivity index (χ1n) is 16.7. The molecule has 2 fully saturated rings. The number of rotatable bonds is 15. The third-order valence-electron chi connectivity index (χ3n) is 9.54. The van der Waals surface area contributed by atoms with Crippen molar-refractivity contribution in [2.45, 2.75) is 78.4 Å². The average Bonchev–Trinajstić information content (AvgIpc) is 3.03. The Morgan fingerprint density at radius 3 is 2.44 bits per heavy atom. The fourth-order valence-electron chi connectivity index (χ4n) is 6.81. The van der Waals surface area contributed by atoms with Crippen molar-refractivity contribution >= 4 is 11.6 Å². The molecule has 0 atom stereocenters. The number of nitrogens with zero attached hydrogens (tertiary/aromatic N) is 3. The molecule has 10 nitrogen and oxygen atoms in total. The number of pyridine rings is 1. The van der Waals surface area contributed by atoms with E-state index in [4.69, 9.17) is 14.2 Å². The minimum atomic E-state index is -0.202. The molecule has 45 heavy (non-hydrogen) atoms. The summed E-state index contributed by atoms with van der Waals surface area (Å²) in [5, 5.41) is 3.03. The monoisotopic (exact) mass is 625 g/mol. The summed E-state index contributed by atoms with van der Waals surface area (Å²) in [4.78, 5) is 36.5. The lowest BCUT2D eigenvalue weighted by molar-refractivity contribution is 0.0358. The van der Waals surface area contributed by atoms with Crippen LogP contribution >= 0.6 is 0 Å². The predicted molar refractivity (Wildman–Crippen MR) is 180 cm³/mol. The summed E-state index contributed by atoms with van der Waals surface area (Å²) in [7, 11) is 3.95. The molecule has 250 valence electrons. The number of carbonyl (C=O) groups is 1. The van der Waals surface area contributed by atoms with E-state index in [1.165, 1.54) is 0 Å². The van der Waals surface area contributed by atoms with Gasteiger partial charge in [0.15, 0.2) is 0 Å². The number of ether oxygens (including phenoxy) is 3. The van der Waals surface area contributed by atoms with Gasteiger partial charge in [-0.15, -0.1) is 0 Å². The van der Waals surface area contributed by atoms with E-state index >= 15 is 0 Å². The van der Waals surface area contributed by atoms with Crippen LogP contribution in [-0.4, -0.2) is 106 Å². The zero-order valence-electron chi connectivity index (χ0n) is 28.4. The quantitative estimate of drug-likeness (QED) is 0.286. The van der Waals surface area contributed by atoms with Crippen molar-refractivity contribution < 1.29 is 19.0 Å². The predicted octanol–water partition coefficient (Wildman–Crippen LogP) is 4.05. The molecular formula is C35H55N5O5. The number of carbonyl (C=O) groups excluding carboxylic acids is 1. The highest BCUT2D eigenvalue weighted by molar-refractivity contribution is 5.97. The molecule has 4 rings (SSSR count). The van der Waals surface area contributed by atoms with Crippen LogP contribution in [0.5, 0.6) is 5.75 Å². The van der Waals surface area contributed by atoms with Crippen molar-refractivity contribution in [3.05, 3.63) is 56.5 Å². The van der Waals surface area contributed by atoms with E-state index in [0.29, 0.717) is 35.6 Å². The van der Waals surface area contributed by atoms with Crippen molar-refractivity contribution in [3.63, 3.8) is 0 Å². The molecule has 1 aliphatic heterocycles. The number of methoxy groups -OCH3 is 1. The third kappa shape index (κ3) is 9.54. The molecule has 1 aliphatic carbocycles. The highest BCUT2D eigenvalue weighted by Crippen LogP contribution is 2.35. The third-order valence-corrected chi connectivity index (χ3v) is 9.54. The van der Waals surface area contributed by atoms with Gasteiger partial charge in [0.2, 0.25) is 0 Å². The normalized spacial score (nSPS) is 19.1. The van der Waals surface area contributed by atoms with E-state index in [1.54, 1.807) is 7.11 Å². The topological polar surface area (TPSA) is 99.4 Å². The first-order chi connectivity index (χ1) is 21.7. The highest BCUT2D eigenvalue weighted by atomic mass is 16.5. The van der Waals surface area contributed by atoms with Crippen molar-refractivity contribution in [2.75, 3.05) is 78.2 Å². The van der Waals surface area contributed by atoms with Gasteiger partial charge < -0.3 is 34.3 Å². The van der Waals surface area contributed by atoms with E-state index in [1.807, 2.05) is 32.9 Å². The number of H-pyrrole nitrogens is 1. The Morgan fingerprint density at radius 2 is 1.78 bits per heavy atom. The number of benzene rings is 1. The van der Waals surface area contributed by atoms with E-state index in [-0.39, 0.29) is 18.0 Å². The molecule has 1 amide bonds. The van der Waals surface area contributed by atoms with Gasteiger partial charge in [0.1, 0.15) is 5.75 Å². The van der Waals surface area contributed by atoms with E-state index in [0.717, 1.165) is 107 Å². The van der Waals surface area contributed by atoms with E-state index < -0.39 is 0 Å². The number of nitrogens with one attached hydrogen (secondary N) is 2. The standard InChI is InChI=1S/C35H55N5O5/c1-7-40(29-11-9-28(10-12-29)38(5)14-18-43-6)33-23-30(45-17-8-13-39-15-19-44-20-16-39)22-31(27(33)4)34(41)36-24-32-25(2)21-26(3)37-35(32)42/h21-23,28-29H,7-20,24H2,1-6H3,(H,36,41)(H,37,42)/t28-,29-. The van der Waals surface area contributed by atoms with Gasteiger partial charge in [0.25, 0.3) is 11.5 Å². The van der Waals surface area contributed by atoms with Gasteiger partial charge in [0.05, 0.1) is 26.4 Å². The second kappa shape index (κ2) is 17.1. The van der Waals surface area contributed by atoms with Gasteiger partial charge in [0, 0.05) is 87.0 Å². The molecule has 0 bridgehead atoms. The van der Waals surface area contributed by atoms with Crippen LogP contribution in [0.4, 0.5) is 5.69 Å². The minimum Gasteiger partial charge on any atom is -0.493 e. The van der Waals surface area contributed by atoms with Gasteiger partial charge in [-0.05, 0) is 90.1 Å². The van der Waals surface area contributed by atoms with Crippen molar-refractivity contribution in [3.8, 4) is 5.75 Å². The van der Waals surface area contributed by atoms with Crippen molar-refractivity contribution in [2.24, 2.45) is 0 Å². The maximum Gasteiger partial charge on any atom is 0.253 e. The number of hydrogen-bond acceptors (Lipinski definition) is 8. The van der Waals surface area contributed by atoms with Crippen LogP contribution < -0.4 is 20.5 Å². The largest absolute Gasteiger partial charge is 0.493 e. The number of aromatic nitrogens is 1. The van der Waals surface area contributed by atoms with Crippen LogP contribution in [-0.2, 0) is 16.0 Å². The van der Waals surface area contributed by atoms with Crippen LogP contribution in [0.15, 0.2) is 23.0 Å². The lowest BCUT2D eigenvalue weighted by Gasteiger charge is -2.41. The second-order valence-electron chi connectivity index (χ2n) is 12.6. The van der Waals surface area contributed by atoms with Gasteiger partial charge in [-0.3, -0.25) is 14.5 Å². The van der Waals surface area contributed by atoms with Gasteiger partial charge in [-0.25, -0.2) is 0 Å². The van der Waals surface area contributed by atoms with Crippen LogP contribution in [0.1, 0.15) is 71.8 Å². The fourth-order valence-corrected chi connectivity index (χ4v) is 6.81. The maximum absolute atomic E-state index is 13.7. The highest BCUT2D eigenvalue weighted by Gasteiger charge is 2.29. The number of morpholine rings is 1. The molecular weight excluding hydrogens is 570 g/mol. The van der Waals surface area contributed by atoms with E-state index in [2.05, 4.69) is 45.0 Å².